The SMILES string of the molecule is CCc1cc(CC)c(Nc2cccc3c2C(=O)c2cccc(Nc4c(CC)cc(CC)cc4CC)c2C3=O)c(CC)c1. The summed E-state index contributed by atoms with van der Waals surface area (Å²) in [5.41, 5.74) is 12.7. The third-order valence-corrected chi connectivity index (χ3v) is 8.65. The Morgan fingerprint density at radius 1 is 0.476 bits per heavy atom. The average molecular weight is 559 g/mol. The van der Waals surface area contributed by atoms with Gasteiger partial charge in [-0.15, -0.1) is 0 Å². The van der Waals surface area contributed by atoms with Crippen LogP contribution in [0.3, 0.4) is 0 Å². The van der Waals surface area contributed by atoms with Crippen LogP contribution >= 0.6 is 0 Å². The number of ketones is 2. The van der Waals surface area contributed by atoms with Crippen LogP contribution < -0.4 is 10.6 Å². The van der Waals surface area contributed by atoms with Gasteiger partial charge in [0, 0.05) is 22.5 Å². The third kappa shape index (κ3) is 5.15. The maximum absolute atomic E-state index is 14.2. The predicted molar refractivity (Wildman–Crippen MR) is 175 cm³/mol. The van der Waals surface area contributed by atoms with E-state index in [1.807, 2.05) is 24.3 Å². The molecule has 0 atom stereocenters. The fraction of sp³-hybridized carbons (Fsp3) is 0.316. The van der Waals surface area contributed by atoms with Gasteiger partial charge in [-0.3, -0.25) is 9.59 Å². The summed E-state index contributed by atoms with van der Waals surface area (Å²) < 4.78 is 0. The van der Waals surface area contributed by atoms with Gasteiger partial charge in [-0.25, -0.2) is 0 Å². The van der Waals surface area contributed by atoms with Gasteiger partial charge in [-0.05, 0) is 84.0 Å². The highest BCUT2D eigenvalue weighted by atomic mass is 16.1. The van der Waals surface area contributed by atoms with Crippen molar-refractivity contribution in [3.63, 3.8) is 0 Å². The van der Waals surface area contributed by atoms with Gasteiger partial charge in [0.2, 0.25) is 0 Å². The lowest BCUT2D eigenvalue weighted by molar-refractivity contribution is 0.0980. The minimum absolute atomic E-state index is 0.125. The Balaban J connectivity index is 1.60. The van der Waals surface area contributed by atoms with Crippen LogP contribution in [0.25, 0.3) is 0 Å². The van der Waals surface area contributed by atoms with Gasteiger partial charge in [0.1, 0.15) is 0 Å². The first-order valence-electron chi connectivity index (χ1n) is 15.6. The summed E-state index contributed by atoms with van der Waals surface area (Å²) in [5.74, 6) is -0.249. The molecule has 0 unspecified atom stereocenters. The number of carbonyl (C=O) groups excluding carboxylic acids is 2. The topological polar surface area (TPSA) is 58.2 Å². The van der Waals surface area contributed by atoms with E-state index >= 15 is 0 Å². The summed E-state index contributed by atoms with van der Waals surface area (Å²) in [7, 11) is 0. The number of hydrogen-bond donors (Lipinski definition) is 2. The molecule has 42 heavy (non-hydrogen) atoms. The Hall–Kier alpha value is -4.18. The van der Waals surface area contributed by atoms with E-state index in [1.165, 1.54) is 33.4 Å². The number of aryl methyl sites for hydroxylation is 6. The van der Waals surface area contributed by atoms with Crippen LogP contribution in [0.2, 0.25) is 0 Å². The van der Waals surface area contributed by atoms with E-state index in [9.17, 15) is 9.59 Å². The Bertz CT molecular complexity index is 1510. The highest BCUT2D eigenvalue weighted by Crippen LogP contribution is 2.39. The second kappa shape index (κ2) is 12.4. The van der Waals surface area contributed by atoms with Gasteiger partial charge in [-0.1, -0.05) is 90.1 Å². The molecule has 0 aromatic heterocycles. The quantitative estimate of drug-likeness (QED) is 0.179. The van der Waals surface area contributed by atoms with E-state index in [1.54, 1.807) is 12.1 Å². The van der Waals surface area contributed by atoms with Gasteiger partial charge >= 0.3 is 0 Å². The maximum atomic E-state index is 14.2. The molecule has 2 N–H and O–H groups in total. The van der Waals surface area contributed by atoms with Gasteiger partial charge in [0.05, 0.1) is 22.5 Å². The summed E-state index contributed by atoms with van der Waals surface area (Å²) >= 11 is 0. The molecule has 0 radical (unpaired) electrons. The molecule has 0 aliphatic heterocycles. The predicted octanol–water partition coefficient (Wildman–Crippen LogP) is 9.32. The molecule has 0 saturated carbocycles. The molecule has 0 spiro atoms. The Labute approximate surface area is 250 Å². The van der Waals surface area contributed by atoms with Crippen LogP contribution in [-0.4, -0.2) is 11.6 Å². The summed E-state index contributed by atoms with van der Waals surface area (Å²) in [6.07, 6.45) is 5.46. The van der Waals surface area contributed by atoms with Gasteiger partial charge in [-0.2, -0.15) is 0 Å². The molecule has 4 aromatic rings. The van der Waals surface area contributed by atoms with Crippen molar-refractivity contribution in [1.82, 2.24) is 0 Å². The number of benzene rings is 4. The minimum Gasteiger partial charge on any atom is -0.354 e. The maximum Gasteiger partial charge on any atom is 0.196 e. The Morgan fingerprint density at radius 3 is 1.10 bits per heavy atom. The first-order valence-corrected chi connectivity index (χ1v) is 15.6. The molecule has 5 rings (SSSR count). The van der Waals surface area contributed by atoms with Crippen LogP contribution in [0.1, 0.15) is 107 Å². The van der Waals surface area contributed by atoms with E-state index in [0.29, 0.717) is 33.6 Å². The lowest BCUT2D eigenvalue weighted by atomic mass is 9.82. The highest BCUT2D eigenvalue weighted by Gasteiger charge is 2.34. The van der Waals surface area contributed by atoms with Crippen molar-refractivity contribution in [3.8, 4) is 0 Å². The van der Waals surface area contributed by atoms with Crippen molar-refractivity contribution in [3.05, 3.63) is 116 Å². The van der Waals surface area contributed by atoms with E-state index in [2.05, 4.69) is 76.4 Å². The van der Waals surface area contributed by atoms with Crippen LogP contribution in [0.4, 0.5) is 22.7 Å². The van der Waals surface area contributed by atoms with Crippen molar-refractivity contribution in [2.45, 2.75) is 80.1 Å². The van der Waals surface area contributed by atoms with Crippen molar-refractivity contribution in [2.24, 2.45) is 0 Å². The van der Waals surface area contributed by atoms with E-state index in [0.717, 1.165) is 49.9 Å². The number of nitrogens with one attached hydrogen (secondary N) is 2. The summed E-state index contributed by atoms with van der Waals surface area (Å²) in [4.78, 5) is 28.4. The standard InChI is InChI=1S/C38H42N2O2/c1-7-23-19-25(9-3)35(26(10-4)20-23)39-31-17-13-15-29-33(31)37(41)30-16-14-18-32(34(30)38(29)42)40-36-27(11-5)21-24(8-2)22-28(36)12-6/h13-22,39-40H,7-12H2,1-6H3. The molecular weight excluding hydrogens is 516 g/mol. The second-order valence-corrected chi connectivity index (χ2v) is 11.1. The smallest absolute Gasteiger partial charge is 0.196 e. The molecule has 4 aromatic carbocycles. The number of rotatable bonds is 10. The lowest BCUT2D eigenvalue weighted by Crippen LogP contribution is -2.23. The van der Waals surface area contributed by atoms with E-state index in [-0.39, 0.29) is 11.6 Å². The molecule has 4 heteroatoms. The first kappa shape index (κ1) is 29.3. The van der Waals surface area contributed by atoms with Crippen LogP contribution in [0, 0.1) is 0 Å². The average Bonchev–Trinajstić information content (AvgIpc) is 3.03. The van der Waals surface area contributed by atoms with Crippen molar-refractivity contribution in [1.29, 1.82) is 0 Å². The highest BCUT2D eigenvalue weighted by molar-refractivity contribution is 6.32. The number of hydrogen-bond acceptors (Lipinski definition) is 4. The summed E-state index contributed by atoms with van der Waals surface area (Å²) in [6.45, 7) is 13.0. The van der Waals surface area contributed by atoms with Gasteiger partial charge in [0.15, 0.2) is 11.6 Å². The monoisotopic (exact) mass is 558 g/mol. The van der Waals surface area contributed by atoms with Gasteiger partial charge < -0.3 is 10.6 Å². The fourth-order valence-corrected chi connectivity index (χ4v) is 6.24. The van der Waals surface area contributed by atoms with Crippen LogP contribution in [0.15, 0.2) is 60.7 Å². The van der Waals surface area contributed by atoms with Gasteiger partial charge in [0.25, 0.3) is 0 Å². The molecular formula is C38H42N2O2. The minimum atomic E-state index is -0.125. The van der Waals surface area contributed by atoms with Crippen molar-refractivity contribution in [2.75, 3.05) is 10.6 Å². The van der Waals surface area contributed by atoms with Crippen LogP contribution in [-0.2, 0) is 38.5 Å². The molecule has 0 amide bonds. The molecule has 0 saturated heterocycles. The van der Waals surface area contributed by atoms with E-state index in [4.69, 9.17) is 0 Å². The Morgan fingerprint density at radius 2 is 0.810 bits per heavy atom. The van der Waals surface area contributed by atoms with E-state index < -0.39 is 0 Å². The lowest BCUT2D eigenvalue weighted by Gasteiger charge is -2.25. The van der Waals surface area contributed by atoms with Crippen molar-refractivity contribution >= 4 is 34.3 Å². The Kier molecular flexibility index (Phi) is 8.63. The zero-order chi connectivity index (χ0) is 30.0. The molecule has 216 valence electrons. The molecule has 0 bridgehead atoms. The second-order valence-electron chi connectivity index (χ2n) is 11.1. The summed E-state index contributed by atoms with van der Waals surface area (Å²) in [5, 5.41) is 7.22. The normalized spacial score (nSPS) is 12.2. The number of fused-ring (bicyclic) bond motifs is 2. The zero-order valence-corrected chi connectivity index (χ0v) is 25.8. The largest absolute Gasteiger partial charge is 0.354 e. The number of carbonyl (C=O) groups is 2. The molecule has 0 fully saturated rings. The molecule has 1 aliphatic rings. The molecule has 0 heterocycles. The molecule has 4 nitrogen and oxygen atoms in total. The fourth-order valence-electron chi connectivity index (χ4n) is 6.24. The first-order chi connectivity index (χ1) is 20.4. The summed E-state index contributed by atoms with van der Waals surface area (Å²) in [6, 6.07) is 20.1. The molecule has 1 aliphatic carbocycles. The zero-order valence-electron chi connectivity index (χ0n) is 25.8. The third-order valence-electron chi connectivity index (χ3n) is 8.65. The van der Waals surface area contributed by atoms with Crippen LogP contribution in [0.5, 0.6) is 0 Å². The van der Waals surface area contributed by atoms with Crippen molar-refractivity contribution < 1.29 is 9.59 Å². The number of anilines is 4.